The van der Waals surface area contributed by atoms with Crippen molar-refractivity contribution in [2.75, 3.05) is 26.0 Å². The smallest absolute Gasteiger partial charge is 0.320 e. The third-order valence-electron chi connectivity index (χ3n) is 1.54. The molecule has 0 saturated carbocycles. The number of carbonyl (C=O) groups is 2. The summed E-state index contributed by atoms with van der Waals surface area (Å²) in [6.45, 7) is 1.39. The van der Waals surface area contributed by atoms with Crippen molar-refractivity contribution in [1.82, 2.24) is 4.72 Å². The van der Waals surface area contributed by atoms with E-state index in [1.807, 2.05) is 4.72 Å². The number of nitrogens with one attached hydrogen (secondary N) is 1. The van der Waals surface area contributed by atoms with Crippen molar-refractivity contribution in [3.05, 3.63) is 0 Å². The van der Waals surface area contributed by atoms with E-state index in [4.69, 9.17) is 0 Å². The standard InChI is InChI=1S/C8H15NO6S/c1-3-15-7(10)4-5-16(12,13)9-6-8(11)14-2/h9H,3-6H2,1-2H3. The predicted molar refractivity (Wildman–Crippen MR) is 55.1 cm³/mol. The Morgan fingerprint density at radius 2 is 1.88 bits per heavy atom. The molecule has 0 heterocycles. The summed E-state index contributed by atoms with van der Waals surface area (Å²) >= 11 is 0. The van der Waals surface area contributed by atoms with Crippen LogP contribution in [0.1, 0.15) is 13.3 Å². The van der Waals surface area contributed by atoms with Crippen molar-refractivity contribution in [3.8, 4) is 0 Å². The number of hydrogen-bond donors (Lipinski definition) is 1. The van der Waals surface area contributed by atoms with Gasteiger partial charge in [0.05, 0.1) is 25.9 Å². The molecule has 0 atom stereocenters. The van der Waals surface area contributed by atoms with Crippen molar-refractivity contribution in [2.45, 2.75) is 13.3 Å². The molecule has 0 spiro atoms. The molecule has 0 saturated heterocycles. The lowest BCUT2D eigenvalue weighted by atomic mass is 10.5. The zero-order chi connectivity index (χ0) is 12.6. The molecule has 0 aliphatic heterocycles. The molecule has 0 amide bonds. The van der Waals surface area contributed by atoms with Gasteiger partial charge in [-0.2, -0.15) is 0 Å². The van der Waals surface area contributed by atoms with Crippen LogP contribution >= 0.6 is 0 Å². The van der Waals surface area contributed by atoms with E-state index < -0.39 is 34.3 Å². The van der Waals surface area contributed by atoms with Crippen LogP contribution in [0, 0.1) is 0 Å². The molecule has 16 heavy (non-hydrogen) atoms. The second-order valence-corrected chi connectivity index (χ2v) is 4.70. The van der Waals surface area contributed by atoms with E-state index in [-0.39, 0.29) is 13.0 Å². The Bertz CT molecular complexity index is 336. The van der Waals surface area contributed by atoms with E-state index >= 15 is 0 Å². The first kappa shape index (κ1) is 14.8. The Kier molecular flexibility index (Phi) is 6.66. The molecule has 0 rings (SSSR count). The van der Waals surface area contributed by atoms with E-state index in [2.05, 4.69) is 9.47 Å². The van der Waals surface area contributed by atoms with Gasteiger partial charge in [0.2, 0.25) is 10.0 Å². The fourth-order valence-corrected chi connectivity index (χ4v) is 1.68. The van der Waals surface area contributed by atoms with Gasteiger partial charge in [0.1, 0.15) is 6.54 Å². The zero-order valence-corrected chi connectivity index (χ0v) is 10.0. The molecular formula is C8H15NO6S. The van der Waals surface area contributed by atoms with E-state index in [1.165, 1.54) is 0 Å². The quantitative estimate of drug-likeness (QED) is 0.586. The van der Waals surface area contributed by atoms with Gasteiger partial charge in [0, 0.05) is 0 Å². The van der Waals surface area contributed by atoms with Gasteiger partial charge < -0.3 is 9.47 Å². The first-order valence-corrected chi connectivity index (χ1v) is 6.26. The van der Waals surface area contributed by atoms with Gasteiger partial charge in [-0.15, -0.1) is 0 Å². The van der Waals surface area contributed by atoms with Gasteiger partial charge >= 0.3 is 11.9 Å². The number of esters is 2. The van der Waals surface area contributed by atoms with E-state index in [1.54, 1.807) is 6.92 Å². The number of carbonyl (C=O) groups excluding carboxylic acids is 2. The zero-order valence-electron chi connectivity index (χ0n) is 9.19. The first-order chi connectivity index (χ1) is 7.41. The van der Waals surface area contributed by atoms with Crippen LogP contribution in [0.2, 0.25) is 0 Å². The van der Waals surface area contributed by atoms with Crippen molar-refractivity contribution in [2.24, 2.45) is 0 Å². The Morgan fingerprint density at radius 3 is 2.38 bits per heavy atom. The molecule has 0 aliphatic rings. The van der Waals surface area contributed by atoms with Crippen molar-refractivity contribution in [3.63, 3.8) is 0 Å². The van der Waals surface area contributed by atoms with Gasteiger partial charge in [-0.1, -0.05) is 0 Å². The maximum absolute atomic E-state index is 11.2. The Morgan fingerprint density at radius 1 is 1.25 bits per heavy atom. The van der Waals surface area contributed by atoms with Crippen LogP contribution in [0.25, 0.3) is 0 Å². The van der Waals surface area contributed by atoms with Crippen LogP contribution in [-0.2, 0) is 29.1 Å². The van der Waals surface area contributed by atoms with Gasteiger partial charge in [-0.05, 0) is 6.92 Å². The van der Waals surface area contributed by atoms with E-state index in [9.17, 15) is 18.0 Å². The maximum Gasteiger partial charge on any atom is 0.320 e. The van der Waals surface area contributed by atoms with Gasteiger partial charge in [-0.3, -0.25) is 9.59 Å². The Labute approximate surface area is 94.2 Å². The predicted octanol–water partition coefficient (Wildman–Crippen LogP) is -0.968. The minimum atomic E-state index is -3.65. The minimum absolute atomic E-state index is 0.203. The summed E-state index contributed by atoms with van der Waals surface area (Å²) in [5.41, 5.74) is 0. The summed E-state index contributed by atoms with van der Waals surface area (Å²) < 4.78 is 33.3. The SMILES string of the molecule is CCOC(=O)CCS(=O)(=O)NCC(=O)OC. The average molecular weight is 253 g/mol. The van der Waals surface area contributed by atoms with Gasteiger partial charge in [0.15, 0.2) is 0 Å². The molecule has 7 nitrogen and oxygen atoms in total. The topological polar surface area (TPSA) is 98.8 Å². The second kappa shape index (κ2) is 7.18. The summed E-state index contributed by atoms with van der Waals surface area (Å²) in [4.78, 5) is 21.5. The molecule has 0 bridgehead atoms. The van der Waals surface area contributed by atoms with Gasteiger partial charge in [-0.25, -0.2) is 13.1 Å². The summed E-state index contributed by atoms with van der Waals surface area (Å²) in [7, 11) is -2.50. The fraction of sp³-hybridized carbons (Fsp3) is 0.750. The first-order valence-electron chi connectivity index (χ1n) is 4.61. The number of methoxy groups -OCH3 is 1. The summed E-state index contributed by atoms with van der Waals surface area (Å²) in [5, 5.41) is 0. The monoisotopic (exact) mass is 253 g/mol. The molecule has 0 aromatic heterocycles. The molecule has 94 valence electrons. The molecular weight excluding hydrogens is 238 g/mol. The average Bonchev–Trinajstić information content (AvgIpc) is 2.24. The molecule has 0 aromatic carbocycles. The van der Waals surface area contributed by atoms with Crippen LogP contribution in [0.3, 0.4) is 0 Å². The number of rotatable bonds is 7. The molecule has 0 radical (unpaired) electrons. The largest absolute Gasteiger partial charge is 0.468 e. The lowest BCUT2D eigenvalue weighted by molar-refractivity contribution is -0.142. The number of sulfonamides is 1. The number of ether oxygens (including phenoxy) is 2. The number of hydrogen-bond acceptors (Lipinski definition) is 6. The Balaban J connectivity index is 3.97. The Hall–Kier alpha value is -1.15. The second-order valence-electron chi connectivity index (χ2n) is 2.77. The highest BCUT2D eigenvalue weighted by Gasteiger charge is 2.15. The minimum Gasteiger partial charge on any atom is -0.468 e. The van der Waals surface area contributed by atoms with E-state index in [0.29, 0.717) is 0 Å². The maximum atomic E-state index is 11.2. The highest BCUT2D eigenvalue weighted by atomic mass is 32.2. The molecule has 0 aromatic rings. The van der Waals surface area contributed by atoms with Crippen molar-refractivity contribution in [1.29, 1.82) is 0 Å². The van der Waals surface area contributed by atoms with Crippen LogP contribution in [0.15, 0.2) is 0 Å². The fourth-order valence-electron chi connectivity index (χ4n) is 0.764. The third kappa shape index (κ3) is 7.18. The van der Waals surface area contributed by atoms with Crippen LogP contribution in [0.5, 0.6) is 0 Å². The lowest BCUT2D eigenvalue weighted by Crippen LogP contribution is -2.32. The lowest BCUT2D eigenvalue weighted by Gasteiger charge is -2.05. The molecule has 8 heteroatoms. The highest BCUT2D eigenvalue weighted by molar-refractivity contribution is 7.89. The van der Waals surface area contributed by atoms with Crippen molar-refractivity contribution >= 4 is 22.0 Å². The molecule has 0 unspecified atom stereocenters. The van der Waals surface area contributed by atoms with Crippen LogP contribution in [-0.4, -0.2) is 46.4 Å². The normalized spacial score (nSPS) is 10.9. The summed E-state index contributed by atoms with van der Waals surface area (Å²) in [6, 6.07) is 0. The molecule has 0 aliphatic carbocycles. The van der Waals surface area contributed by atoms with Crippen LogP contribution < -0.4 is 4.72 Å². The van der Waals surface area contributed by atoms with Gasteiger partial charge in [0.25, 0.3) is 0 Å². The highest BCUT2D eigenvalue weighted by Crippen LogP contribution is 1.92. The van der Waals surface area contributed by atoms with Crippen LogP contribution in [0.4, 0.5) is 0 Å². The third-order valence-corrected chi connectivity index (χ3v) is 2.87. The molecule has 0 fully saturated rings. The van der Waals surface area contributed by atoms with Crippen molar-refractivity contribution < 1.29 is 27.5 Å². The molecule has 1 N–H and O–H groups in total. The summed E-state index contributed by atoms with van der Waals surface area (Å²) in [6.07, 6.45) is -0.246. The summed E-state index contributed by atoms with van der Waals surface area (Å²) in [5.74, 6) is -1.70. The van der Waals surface area contributed by atoms with E-state index in [0.717, 1.165) is 7.11 Å².